The number of alkyl halides is 1. The van der Waals surface area contributed by atoms with Gasteiger partial charge in [0, 0.05) is 12.0 Å². The van der Waals surface area contributed by atoms with Gasteiger partial charge in [0.15, 0.2) is 0 Å². The molecule has 0 amide bonds. The predicted octanol–water partition coefficient (Wildman–Crippen LogP) is 2.41. The summed E-state index contributed by atoms with van der Waals surface area (Å²) in [6, 6.07) is 0.973. The molecule has 120 valence electrons. The molecule has 0 saturated carbocycles. The summed E-state index contributed by atoms with van der Waals surface area (Å²) in [5, 5.41) is 10.8. The third kappa shape index (κ3) is 2.26. The molecule has 1 aliphatic heterocycles. The van der Waals surface area contributed by atoms with Crippen LogP contribution in [0.5, 0.6) is 0 Å². The van der Waals surface area contributed by atoms with Crippen molar-refractivity contribution in [2.75, 3.05) is 6.67 Å². The minimum Gasteiger partial charge on any atom is -0.462 e. The van der Waals surface area contributed by atoms with Crippen LogP contribution in [0.4, 0.5) is 18.9 Å². The Morgan fingerprint density at radius 3 is 2.64 bits per heavy atom. The highest BCUT2D eigenvalue weighted by molar-refractivity contribution is 5.73. The molecule has 9 heteroatoms. The molecule has 1 heterocycles. The molecular formula is C13H14F3N3O3. The molecule has 22 heavy (non-hydrogen) atoms. The summed E-state index contributed by atoms with van der Waals surface area (Å²) < 4.78 is 47.5. The molecule has 0 radical (unpaired) electrons. The molecule has 1 unspecified atom stereocenters. The SMILES string of the molecule is CC1OC(N)=N[C@@](CF)(c2c(F)ccc([N+](=O)[O-])c2F)[C@@H]1C. The summed E-state index contributed by atoms with van der Waals surface area (Å²) >= 11 is 0. The number of hydrogen-bond donors (Lipinski definition) is 1. The van der Waals surface area contributed by atoms with Crippen molar-refractivity contribution in [1.29, 1.82) is 0 Å². The van der Waals surface area contributed by atoms with Crippen LogP contribution < -0.4 is 5.73 Å². The second kappa shape index (κ2) is 5.47. The van der Waals surface area contributed by atoms with E-state index in [1.54, 1.807) is 6.92 Å². The van der Waals surface area contributed by atoms with Gasteiger partial charge >= 0.3 is 5.69 Å². The average molecular weight is 317 g/mol. The third-order valence-corrected chi connectivity index (χ3v) is 3.98. The molecule has 1 aromatic carbocycles. The first-order chi connectivity index (χ1) is 10.2. The summed E-state index contributed by atoms with van der Waals surface area (Å²) in [5.41, 5.74) is 1.68. The maximum absolute atomic E-state index is 14.4. The number of ether oxygens (including phenoxy) is 1. The number of halogens is 3. The van der Waals surface area contributed by atoms with Crippen LogP contribution in [0, 0.1) is 27.7 Å². The van der Waals surface area contributed by atoms with E-state index in [-0.39, 0.29) is 0 Å². The van der Waals surface area contributed by atoms with Gasteiger partial charge in [-0.05, 0) is 13.0 Å². The Morgan fingerprint density at radius 1 is 1.45 bits per heavy atom. The smallest absolute Gasteiger partial charge is 0.305 e. The van der Waals surface area contributed by atoms with Crippen LogP contribution in [0.2, 0.25) is 0 Å². The summed E-state index contributed by atoms with van der Waals surface area (Å²) in [6.45, 7) is 1.75. The molecule has 1 aromatic rings. The molecule has 2 N–H and O–H groups in total. The van der Waals surface area contributed by atoms with Gasteiger partial charge in [0.25, 0.3) is 6.02 Å². The molecule has 0 aromatic heterocycles. The van der Waals surface area contributed by atoms with Crippen molar-refractivity contribution in [2.24, 2.45) is 16.6 Å². The van der Waals surface area contributed by atoms with Crippen LogP contribution in [0.25, 0.3) is 0 Å². The second-order valence-electron chi connectivity index (χ2n) is 5.13. The maximum Gasteiger partial charge on any atom is 0.305 e. The van der Waals surface area contributed by atoms with E-state index in [4.69, 9.17) is 10.5 Å². The quantitative estimate of drug-likeness (QED) is 0.684. The van der Waals surface area contributed by atoms with Gasteiger partial charge in [-0.2, -0.15) is 4.39 Å². The minimum absolute atomic E-state index is 0.423. The van der Waals surface area contributed by atoms with Crippen molar-refractivity contribution in [3.8, 4) is 0 Å². The van der Waals surface area contributed by atoms with Crippen molar-refractivity contribution in [3.05, 3.63) is 39.4 Å². The van der Waals surface area contributed by atoms with Gasteiger partial charge < -0.3 is 10.5 Å². The van der Waals surface area contributed by atoms with Crippen molar-refractivity contribution < 1.29 is 22.8 Å². The Kier molecular flexibility index (Phi) is 3.99. The van der Waals surface area contributed by atoms with E-state index in [1.165, 1.54) is 6.92 Å². The number of nitro groups is 1. The zero-order chi connectivity index (χ0) is 16.7. The molecule has 0 saturated heterocycles. The summed E-state index contributed by atoms with van der Waals surface area (Å²) in [7, 11) is 0. The highest BCUT2D eigenvalue weighted by Gasteiger charge is 2.49. The molecular weight excluding hydrogens is 303 g/mol. The number of benzene rings is 1. The standard InChI is InChI=1S/C13H14F3N3O3/c1-6-7(2)22-12(17)18-13(6,5-14)10-8(15)3-4-9(11(10)16)19(20)21/h3-4,6-7H,5H2,1-2H3,(H2,17,18)/t6-,7?,13-/m1/s1. The highest BCUT2D eigenvalue weighted by Crippen LogP contribution is 2.43. The lowest BCUT2D eigenvalue weighted by Gasteiger charge is -2.40. The lowest BCUT2D eigenvalue weighted by molar-refractivity contribution is -0.387. The van der Waals surface area contributed by atoms with E-state index in [1.807, 2.05) is 0 Å². The zero-order valence-corrected chi connectivity index (χ0v) is 11.8. The van der Waals surface area contributed by atoms with E-state index in [0.717, 1.165) is 0 Å². The van der Waals surface area contributed by atoms with Crippen LogP contribution in [0.15, 0.2) is 17.1 Å². The second-order valence-corrected chi connectivity index (χ2v) is 5.13. The molecule has 2 rings (SSSR count). The fourth-order valence-corrected chi connectivity index (χ4v) is 2.59. The largest absolute Gasteiger partial charge is 0.462 e. The Bertz CT molecular complexity index is 653. The van der Waals surface area contributed by atoms with Crippen molar-refractivity contribution in [2.45, 2.75) is 25.5 Å². The lowest BCUT2D eigenvalue weighted by atomic mass is 9.76. The topological polar surface area (TPSA) is 90.8 Å². The average Bonchev–Trinajstić information content (AvgIpc) is 2.43. The Labute approximate surface area is 123 Å². The van der Waals surface area contributed by atoms with E-state index in [0.29, 0.717) is 12.1 Å². The molecule has 0 fully saturated rings. The van der Waals surface area contributed by atoms with E-state index < -0.39 is 58.1 Å². The molecule has 6 nitrogen and oxygen atoms in total. The van der Waals surface area contributed by atoms with Crippen LogP contribution in [-0.2, 0) is 10.3 Å². The first-order valence-electron chi connectivity index (χ1n) is 6.45. The summed E-state index contributed by atoms with van der Waals surface area (Å²) in [5.74, 6) is -3.38. The molecule has 0 spiro atoms. The Morgan fingerprint density at radius 2 is 2.09 bits per heavy atom. The molecule has 0 bridgehead atoms. The normalized spacial score (nSPS) is 28.0. The molecule has 3 atom stereocenters. The molecule has 1 aliphatic rings. The summed E-state index contributed by atoms with van der Waals surface area (Å²) in [4.78, 5) is 13.6. The van der Waals surface area contributed by atoms with Crippen molar-refractivity contribution in [1.82, 2.24) is 0 Å². The summed E-state index contributed by atoms with van der Waals surface area (Å²) in [6.07, 6.45) is -0.675. The van der Waals surface area contributed by atoms with Crippen LogP contribution in [-0.4, -0.2) is 23.7 Å². The fraction of sp³-hybridized carbons (Fsp3) is 0.462. The number of hydrogen-bond acceptors (Lipinski definition) is 5. The van der Waals surface area contributed by atoms with Gasteiger partial charge in [0.1, 0.15) is 24.1 Å². The minimum atomic E-state index is -2.01. The van der Waals surface area contributed by atoms with Gasteiger partial charge in [-0.1, -0.05) is 6.92 Å². The van der Waals surface area contributed by atoms with Crippen LogP contribution in [0.3, 0.4) is 0 Å². The fourth-order valence-electron chi connectivity index (χ4n) is 2.59. The number of aliphatic imine (C=N–C) groups is 1. The Hall–Kier alpha value is -2.32. The number of rotatable bonds is 3. The van der Waals surface area contributed by atoms with Crippen LogP contribution in [0.1, 0.15) is 19.4 Å². The predicted molar refractivity (Wildman–Crippen MR) is 72.0 cm³/mol. The van der Waals surface area contributed by atoms with E-state index in [9.17, 15) is 23.3 Å². The van der Waals surface area contributed by atoms with E-state index in [2.05, 4.69) is 4.99 Å². The van der Waals surface area contributed by atoms with Crippen molar-refractivity contribution >= 4 is 11.7 Å². The zero-order valence-electron chi connectivity index (χ0n) is 11.8. The number of nitrogens with two attached hydrogens (primary N) is 1. The van der Waals surface area contributed by atoms with Gasteiger partial charge in [0.05, 0.1) is 10.5 Å². The monoisotopic (exact) mass is 317 g/mol. The maximum atomic E-state index is 14.4. The van der Waals surface area contributed by atoms with Gasteiger partial charge in [0.2, 0.25) is 5.82 Å². The first kappa shape index (κ1) is 16.1. The molecule has 0 aliphatic carbocycles. The van der Waals surface area contributed by atoms with Gasteiger partial charge in [-0.25, -0.2) is 13.8 Å². The number of nitrogens with zero attached hydrogens (tertiary/aromatic N) is 2. The van der Waals surface area contributed by atoms with Gasteiger partial charge in [-0.3, -0.25) is 10.1 Å². The number of nitro benzene ring substituents is 1. The van der Waals surface area contributed by atoms with E-state index >= 15 is 0 Å². The van der Waals surface area contributed by atoms with Crippen molar-refractivity contribution in [3.63, 3.8) is 0 Å². The number of amidine groups is 1. The lowest BCUT2D eigenvalue weighted by Crippen LogP contribution is -2.49. The Balaban J connectivity index is 2.78. The highest BCUT2D eigenvalue weighted by atomic mass is 19.1. The van der Waals surface area contributed by atoms with Crippen LogP contribution >= 0.6 is 0 Å². The third-order valence-electron chi connectivity index (χ3n) is 3.98. The first-order valence-corrected chi connectivity index (χ1v) is 6.45. The van der Waals surface area contributed by atoms with Gasteiger partial charge in [-0.15, -0.1) is 0 Å².